The molecule has 3 heterocycles. The Morgan fingerprint density at radius 1 is 1.18 bits per heavy atom. The first-order chi connectivity index (χ1) is 13.5. The summed E-state index contributed by atoms with van der Waals surface area (Å²) in [4.78, 5) is 26.0. The van der Waals surface area contributed by atoms with Crippen LogP contribution in [0.3, 0.4) is 0 Å². The molecule has 0 saturated carbocycles. The Kier molecular flexibility index (Phi) is 5.01. The fourth-order valence-electron chi connectivity index (χ4n) is 2.59. The number of benzene rings is 1. The van der Waals surface area contributed by atoms with Crippen molar-refractivity contribution in [3.63, 3.8) is 0 Å². The van der Waals surface area contributed by atoms with Crippen molar-refractivity contribution in [3.05, 3.63) is 46.4 Å². The monoisotopic (exact) mass is 420 g/mol. The van der Waals surface area contributed by atoms with Crippen molar-refractivity contribution in [1.29, 1.82) is 0 Å². The summed E-state index contributed by atoms with van der Waals surface area (Å²) in [5, 5.41) is 7.84. The van der Waals surface area contributed by atoms with Crippen LogP contribution in [0, 0.1) is 0 Å². The number of halogens is 2. The standard InChI is InChI=1S/C17H14Cl2N6O3/c1-9(15-23-14(24-28-15)10-2-4-11(18)5-3-10)20-16-21-12(19)8-13(22-16)25-6-7-27-17(25)26/h2-5,8-9H,6-7H2,1H3,(H,20,21,22)/t9-/m0/s1. The van der Waals surface area contributed by atoms with Crippen molar-refractivity contribution < 1.29 is 14.1 Å². The molecule has 0 bridgehead atoms. The molecule has 1 amide bonds. The van der Waals surface area contributed by atoms with Crippen LogP contribution < -0.4 is 10.2 Å². The molecule has 0 aliphatic carbocycles. The van der Waals surface area contributed by atoms with Gasteiger partial charge in [0.05, 0.1) is 6.54 Å². The average Bonchev–Trinajstić information content (AvgIpc) is 3.31. The van der Waals surface area contributed by atoms with E-state index in [0.717, 1.165) is 5.56 Å². The second kappa shape index (κ2) is 7.61. The van der Waals surface area contributed by atoms with E-state index in [0.29, 0.717) is 35.7 Å². The molecule has 0 spiro atoms. The first-order valence-electron chi connectivity index (χ1n) is 8.34. The molecule has 0 unspecified atom stereocenters. The molecule has 3 aromatic rings. The van der Waals surface area contributed by atoms with Crippen LogP contribution in [0.4, 0.5) is 16.6 Å². The van der Waals surface area contributed by atoms with Crippen LogP contribution in [0.15, 0.2) is 34.9 Å². The minimum absolute atomic E-state index is 0.187. The van der Waals surface area contributed by atoms with E-state index >= 15 is 0 Å². The van der Waals surface area contributed by atoms with Crippen LogP contribution in [0.5, 0.6) is 0 Å². The molecule has 1 aliphatic rings. The molecule has 1 saturated heterocycles. The van der Waals surface area contributed by atoms with Crippen LogP contribution in [-0.4, -0.2) is 39.4 Å². The van der Waals surface area contributed by atoms with Crippen LogP contribution in [0.2, 0.25) is 10.2 Å². The number of hydrogen-bond donors (Lipinski definition) is 1. The summed E-state index contributed by atoms with van der Waals surface area (Å²) < 4.78 is 10.3. The Morgan fingerprint density at radius 2 is 1.96 bits per heavy atom. The van der Waals surface area contributed by atoms with Gasteiger partial charge in [0.25, 0.3) is 0 Å². The molecule has 1 fully saturated rings. The van der Waals surface area contributed by atoms with Crippen molar-refractivity contribution in [1.82, 2.24) is 20.1 Å². The maximum Gasteiger partial charge on any atom is 0.415 e. The summed E-state index contributed by atoms with van der Waals surface area (Å²) in [6.45, 7) is 2.51. The maximum absolute atomic E-state index is 11.7. The first-order valence-corrected chi connectivity index (χ1v) is 9.10. The van der Waals surface area contributed by atoms with E-state index in [1.165, 1.54) is 11.0 Å². The van der Waals surface area contributed by atoms with E-state index in [2.05, 4.69) is 25.4 Å². The fourth-order valence-corrected chi connectivity index (χ4v) is 2.90. The van der Waals surface area contributed by atoms with Crippen LogP contribution in [0.1, 0.15) is 18.9 Å². The van der Waals surface area contributed by atoms with Gasteiger partial charge >= 0.3 is 6.09 Å². The summed E-state index contributed by atoms with van der Waals surface area (Å²) in [5.41, 5.74) is 0.778. The zero-order valence-corrected chi connectivity index (χ0v) is 16.1. The molecule has 11 heteroatoms. The lowest BCUT2D eigenvalue weighted by Gasteiger charge is -2.14. The summed E-state index contributed by atoms with van der Waals surface area (Å²) >= 11 is 12.0. The van der Waals surface area contributed by atoms with E-state index in [4.69, 9.17) is 32.5 Å². The second-order valence-corrected chi connectivity index (χ2v) is 6.79. The SMILES string of the molecule is C[C@H](Nc1nc(Cl)cc(N2CCOC2=O)n1)c1nc(-c2ccc(Cl)cc2)no1. The molecule has 1 N–H and O–H groups in total. The Labute approximate surface area is 169 Å². The number of cyclic esters (lactones) is 1. The normalized spacial score (nSPS) is 14.8. The molecule has 0 radical (unpaired) electrons. The van der Waals surface area contributed by atoms with Gasteiger partial charge < -0.3 is 14.6 Å². The summed E-state index contributed by atoms with van der Waals surface area (Å²) in [7, 11) is 0. The lowest BCUT2D eigenvalue weighted by Crippen LogP contribution is -2.25. The van der Waals surface area contributed by atoms with Gasteiger partial charge in [-0.2, -0.15) is 9.97 Å². The van der Waals surface area contributed by atoms with Gasteiger partial charge in [-0.1, -0.05) is 28.4 Å². The molecular weight excluding hydrogens is 407 g/mol. The van der Waals surface area contributed by atoms with Crippen LogP contribution >= 0.6 is 23.2 Å². The molecule has 9 nitrogen and oxygen atoms in total. The van der Waals surface area contributed by atoms with E-state index in [1.807, 2.05) is 6.92 Å². The number of anilines is 2. The Hall–Kier alpha value is -2.91. The average molecular weight is 421 g/mol. The van der Waals surface area contributed by atoms with Gasteiger partial charge in [-0.25, -0.2) is 9.78 Å². The zero-order chi connectivity index (χ0) is 19.7. The van der Waals surface area contributed by atoms with E-state index < -0.39 is 12.1 Å². The third kappa shape index (κ3) is 3.85. The van der Waals surface area contributed by atoms with Gasteiger partial charge in [0, 0.05) is 16.7 Å². The van der Waals surface area contributed by atoms with Crippen molar-refractivity contribution in [2.45, 2.75) is 13.0 Å². The number of hydrogen-bond acceptors (Lipinski definition) is 8. The predicted octanol–water partition coefficient (Wildman–Crippen LogP) is 3.96. The third-order valence-corrected chi connectivity index (χ3v) is 4.42. The van der Waals surface area contributed by atoms with Crippen LogP contribution in [0.25, 0.3) is 11.4 Å². The number of ether oxygens (including phenoxy) is 1. The highest BCUT2D eigenvalue weighted by atomic mass is 35.5. The van der Waals surface area contributed by atoms with Crippen LogP contribution in [-0.2, 0) is 4.74 Å². The van der Waals surface area contributed by atoms with Crippen molar-refractivity contribution >= 4 is 41.1 Å². The minimum Gasteiger partial charge on any atom is -0.447 e. The molecule has 4 rings (SSSR count). The quantitative estimate of drug-likeness (QED) is 0.617. The number of carbonyl (C=O) groups excluding carboxylic acids is 1. The molecule has 2 aromatic heterocycles. The molecule has 1 aliphatic heterocycles. The number of amides is 1. The number of nitrogens with one attached hydrogen (secondary N) is 1. The largest absolute Gasteiger partial charge is 0.447 e. The predicted molar refractivity (Wildman–Crippen MR) is 103 cm³/mol. The Morgan fingerprint density at radius 3 is 2.68 bits per heavy atom. The molecule has 144 valence electrons. The number of carbonyl (C=O) groups is 1. The number of nitrogens with zero attached hydrogens (tertiary/aromatic N) is 5. The molecule has 1 atom stereocenters. The van der Waals surface area contributed by atoms with E-state index in [9.17, 15) is 4.79 Å². The fraction of sp³-hybridized carbons (Fsp3) is 0.235. The summed E-state index contributed by atoms with van der Waals surface area (Å²) in [6, 6.07) is 8.20. The van der Waals surface area contributed by atoms with E-state index in [-0.39, 0.29) is 11.1 Å². The minimum atomic E-state index is -0.474. The number of aromatic nitrogens is 4. The van der Waals surface area contributed by atoms with Crippen molar-refractivity contribution in [2.24, 2.45) is 0 Å². The highest BCUT2D eigenvalue weighted by Crippen LogP contribution is 2.25. The lowest BCUT2D eigenvalue weighted by molar-refractivity contribution is 0.181. The summed E-state index contributed by atoms with van der Waals surface area (Å²) in [5.74, 6) is 1.36. The molecule has 28 heavy (non-hydrogen) atoms. The van der Waals surface area contributed by atoms with Gasteiger partial charge in [-0.3, -0.25) is 4.90 Å². The topological polar surface area (TPSA) is 106 Å². The molecule has 1 aromatic carbocycles. The third-order valence-electron chi connectivity index (χ3n) is 3.98. The maximum atomic E-state index is 11.7. The zero-order valence-electron chi connectivity index (χ0n) is 14.6. The van der Waals surface area contributed by atoms with Gasteiger partial charge in [-0.15, -0.1) is 0 Å². The van der Waals surface area contributed by atoms with Gasteiger partial charge in [0.1, 0.15) is 23.6 Å². The Balaban J connectivity index is 1.52. The highest BCUT2D eigenvalue weighted by molar-refractivity contribution is 6.30. The summed E-state index contributed by atoms with van der Waals surface area (Å²) in [6.07, 6.45) is -0.474. The van der Waals surface area contributed by atoms with Gasteiger partial charge in [0.15, 0.2) is 0 Å². The van der Waals surface area contributed by atoms with E-state index in [1.54, 1.807) is 24.3 Å². The second-order valence-electron chi connectivity index (χ2n) is 5.97. The van der Waals surface area contributed by atoms with Crippen molar-refractivity contribution in [2.75, 3.05) is 23.4 Å². The lowest BCUT2D eigenvalue weighted by atomic mass is 10.2. The van der Waals surface area contributed by atoms with Gasteiger partial charge in [0.2, 0.25) is 17.7 Å². The number of rotatable bonds is 5. The molecular formula is C17H14Cl2N6O3. The van der Waals surface area contributed by atoms with Gasteiger partial charge in [-0.05, 0) is 31.2 Å². The highest BCUT2D eigenvalue weighted by Gasteiger charge is 2.26. The first kappa shape index (κ1) is 18.5. The Bertz CT molecular complexity index is 1010. The smallest absolute Gasteiger partial charge is 0.415 e. The van der Waals surface area contributed by atoms with Crippen molar-refractivity contribution in [3.8, 4) is 11.4 Å².